The Kier molecular flexibility index (Phi) is 5.64. The number of aliphatic hydroxyl groups is 1. The quantitative estimate of drug-likeness (QED) is 0.345. The summed E-state index contributed by atoms with van der Waals surface area (Å²) in [6, 6.07) is 5.16. The third kappa shape index (κ3) is 4.58. The SMILES string of the molecule is Cc1ccc(-c2noc(C3C[C@@H]3F)n2)cc1NC(=O)c1cnc(-c2cnc(N3CC(O)(C(F)(F)F)C3)nc2)o1. The first-order chi connectivity index (χ1) is 18.5. The molecule has 1 aliphatic heterocycles. The number of aryl methyl sites for hydroxylation is 1. The first-order valence-corrected chi connectivity index (χ1v) is 11.7. The van der Waals surface area contributed by atoms with Gasteiger partial charge in [0.2, 0.25) is 29.3 Å². The van der Waals surface area contributed by atoms with Crippen LogP contribution >= 0.6 is 0 Å². The van der Waals surface area contributed by atoms with Crippen molar-refractivity contribution in [1.29, 1.82) is 0 Å². The summed E-state index contributed by atoms with van der Waals surface area (Å²) in [5, 5.41) is 16.2. The van der Waals surface area contributed by atoms with Crippen molar-refractivity contribution in [2.24, 2.45) is 0 Å². The molecule has 202 valence electrons. The lowest BCUT2D eigenvalue weighted by atomic mass is 9.94. The van der Waals surface area contributed by atoms with Crippen LogP contribution in [0.25, 0.3) is 22.8 Å². The van der Waals surface area contributed by atoms with Gasteiger partial charge in [-0.25, -0.2) is 19.3 Å². The molecule has 1 saturated carbocycles. The van der Waals surface area contributed by atoms with Crippen molar-refractivity contribution in [3.8, 4) is 22.8 Å². The summed E-state index contributed by atoms with van der Waals surface area (Å²) in [4.78, 5) is 30.4. The van der Waals surface area contributed by atoms with E-state index in [0.717, 1.165) is 5.56 Å². The van der Waals surface area contributed by atoms with Crippen LogP contribution in [0.4, 0.5) is 29.2 Å². The summed E-state index contributed by atoms with van der Waals surface area (Å²) >= 11 is 0. The van der Waals surface area contributed by atoms with E-state index in [-0.39, 0.29) is 35.2 Å². The lowest BCUT2D eigenvalue weighted by Gasteiger charge is -2.46. The van der Waals surface area contributed by atoms with Crippen LogP contribution in [-0.2, 0) is 0 Å². The number of β-amino-alcohol motifs (C(OH)–C–C–N with tert-alkyl or cyclic N) is 1. The summed E-state index contributed by atoms with van der Waals surface area (Å²) in [5.41, 5.74) is -0.733. The van der Waals surface area contributed by atoms with E-state index in [1.807, 2.05) is 0 Å². The van der Waals surface area contributed by atoms with E-state index in [1.165, 1.54) is 23.5 Å². The number of amides is 1. The van der Waals surface area contributed by atoms with Crippen LogP contribution in [0.15, 0.2) is 45.7 Å². The highest BCUT2D eigenvalue weighted by molar-refractivity contribution is 6.03. The topological polar surface area (TPSA) is 143 Å². The molecule has 0 bridgehead atoms. The average molecular weight is 545 g/mol. The van der Waals surface area contributed by atoms with E-state index >= 15 is 0 Å². The minimum absolute atomic E-state index is 0.00270. The van der Waals surface area contributed by atoms with Crippen LogP contribution in [0.5, 0.6) is 0 Å². The summed E-state index contributed by atoms with van der Waals surface area (Å²) in [6.07, 6.45) is -1.56. The van der Waals surface area contributed by atoms with Gasteiger partial charge in [-0.2, -0.15) is 18.2 Å². The molecule has 4 aromatic rings. The number of carbonyl (C=O) groups is 1. The second-order valence-electron chi connectivity index (χ2n) is 9.49. The predicted molar refractivity (Wildman–Crippen MR) is 125 cm³/mol. The zero-order valence-corrected chi connectivity index (χ0v) is 20.1. The van der Waals surface area contributed by atoms with Crippen LogP contribution in [0.1, 0.15) is 34.3 Å². The molecule has 39 heavy (non-hydrogen) atoms. The highest BCUT2D eigenvalue weighted by atomic mass is 19.4. The number of nitrogens with zero attached hydrogens (tertiary/aromatic N) is 6. The Bertz CT molecular complexity index is 1550. The fraction of sp³-hybridized carbons (Fsp3) is 0.333. The van der Waals surface area contributed by atoms with Crippen molar-refractivity contribution in [2.75, 3.05) is 23.3 Å². The highest BCUT2D eigenvalue weighted by Gasteiger charge is 2.61. The van der Waals surface area contributed by atoms with E-state index in [9.17, 15) is 27.5 Å². The van der Waals surface area contributed by atoms with Gasteiger partial charge in [-0.15, -0.1) is 0 Å². The minimum Gasteiger partial charge on any atom is -0.431 e. The molecule has 0 radical (unpaired) electrons. The third-order valence-electron chi connectivity index (χ3n) is 6.55. The largest absolute Gasteiger partial charge is 0.431 e. The predicted octanol–water partition coefficient (Wildman–Crippen LogP) is 3.68. The number of nitrogens with one attached hydrogen (secondary N) is 1. The van der Waals surface area contributed by atoms with E-state index in [4.69, 9.17) is 8.94 Å². The molecule has 1 saturated heterocycles. The van der Waals surface area contributed by atoms with Crippen molar-refractivity contribution in [3.63, 3.8) is 0 Å². The Morgan fingerprint density at radius 2 is 1.87 bits per heavy atom. The zero-order chi connectivity index (χ0) is 27.5. The summed E-state index contributed by atoms with van der Waals surface area (Å²) in [7, 11) is 0. The number of benzene rings is 1. The number of hydrogen-bond donors (Lipinski definition) is 2. The molecule has 2 N–H and O–H groups in total. The number of halogens is 4. The van der Waals surface area contributed by atoms with E-state index in [0.29, 0.717) is 23.2 Å². The Hall–Kier alpha value is -4.40. The summed E-state index contributed by atoms with van der Waals surface area (Å²) in [5.74, 6) is -0.537. The molecule has 2 aliphatic rings. The number of alkyl halides is 4. The monoisotopic (exact) mass is 545 g/mol. The fourth-order valence-electron chi connectivity index (χ4n) is 4.02. The number of oxazole rings is 1. The highest BCUT2D eigenvalue weighted by Crippen LogP contribution is 2.43. The average Bonchev–Trinajstić information content (AvgIpc) is 3.27. The molecule has 3 aromatic heterocycles. The van der Waals surface area contributed by atoms with Crippen molar-refractivity contribution in [1.82, 2.24) is 25.1 Å². The molecule has 1 aromatic carbocycles. The standard InChI is InChI=1S/C24H19F4N7O4/c1-11-2-3-12(18-33-21(39-34-18)14-5-15(14)25)4-16(11)32-19(36)17-8-29-20(38-17)13-6-30-22(31-7-13)35-9-23(37,10-35)24(26,27)28/h2-4,6-8,14-15,37H,5,9-10H2,1H3,(H,32,36)/t14?,15-/m0/s1. The van der Waals surface area contributed by atoms with Gasteiger partial charge in [0, 0.05) is 23.6 Å². The van der Waals surface area contributed by atoms with Crippen LogP contribution < -0.4 is 10.2 Å². The second-order valence-corrected chi connectivity index (χ2v) is 9.49. The van der Waals surface area contributed by atoms with Crippen LogP contribution in [0.3, 0.4) is 0 Å². The molecule has 2 atom stereocenters. The van der Waals surface area contributed by atoms with Gasteiger partial charge in [0.25, 0.3) is 5.91 Å². The Morgan fingerprint density at radius 1 is 1.15 bits per heavy atom. The minimum atomic E-state index is -4.74. The molecule has 4 heterocycles. The number of hydrogen-bond acceptors (Lipinski definition) is 10. The van der Waals surface area contributed by atoms with Crippen LogP contribution in [0.2, 0.25) is 0 Å². The maximum absolute atomic E-state index is 13.3. The van der Waals surface area contributed by atoms with E-state index in [2.05, 4.69) is 30.4 Å². The Labute approximate surface area is 216 Å². The molecule has 11 nitrogen and oxygen atoms in total. The molecule has 1 amide bonds. The fourth-order valence-corrected chi connectivity index (χ4v) is 4.02. The van der Waals surface area contributed by atoms with Crippen LogP contribution in [0, 0.1) is 6.92 Å². The van der Waals surface area contributed by atoms with Crippen molar-refractivity contribution < 1.29 is 36.4 Å². The molecule has 1 aliphatic carbocycles. The van der Waals surface area contributed by atoms with Crippen molar-refractivity contribution in [2.45, 2.75) is 37.2 Å². The molecule has 1 unspecified atom stereocenters. The maximum atomic E-state index is 13.3. The number of anilines is 2. The second kappa shape index (κ2) is 8.83. The van der Waals surface area contributed by atoms with Crippen molar-refractivity contribution >= 4 is 17.5 Å². The number of carbonyl (C=O) groups excluding carboxylic acids is 1. The number of aromatic nitrogens is 5. The molecule has 15 heteroatoms. The Morgan fingerprint density at radius 3 is 2.54 bits per heavy atom. The smallest absolute Gasteiger partial charge is 0.420 e. The van der Waals surface area contributed by atoms with Gasteiger partial charge < -0.3 is 24.3 Å². The lowest BCUT2D eigenvalue weighted by Crippen LogP contribution is -2.69. The number of rotatable bonds is 6. The summed E-state index contributed by atoms with van der Waals surface area (Å²) in [6.45, 7) is 0.440. The first-order valence-electron chi connectivity index (χ1n) is 11.7. The van der Waals surface area contributed by atoms with Gasteiger partial charge in [-0.05, 0) is 25.0 Å². The summed E-state index contributed by atoms with van der Waals surface area (Å²) < 4.78 is 62.5. The van der Waals surface area contributed by atoms with Crippen LogP contribution in [-0.4, -0.2) is 67.1 Å². The van der Waals surface area contributed by atoms with Gasteiger partial charge in [-0.1, -0.05) is 17.3 Å². The zero-order valence-electron chi connectivity index (χ0n) is 20.1. The first kappa shape index (κ1) is 24.9. The van der Waals surface area contributed by atoms with Crippen molar-refractivity contribution in [3.05, 3.63) is 54.0 Å². The molecule has 0 spiro atoms. The molecule has 2 fully saturated rings. The Balaban J connectivity index is 1.12. The van der Waals surface area contributed by atoms with Gasteiger partial charge in [-0.3, -0.25) is 4.79 Å². The van der Waals surface area contributed by atoms with E-state index < -0.39 is 36.9 Å². The molecular weight excluding hydrogens is 526 g/mol. The lowest BCUT2D eigenvalue weighted by molar-refractivity contribution is -0.267. The van der Waals surface area contributed by atoms with E-state index in [1.54, 1.807) is 25.1 Å². The normalized spacial score (nSPS) is 20.0. The molecular formula is C24H19F4N7O4. The van der Waals surface area contributed by atoms with Gasteiger partial charge in [0.1, 0.15) is 6.17 Å². The van der Waals surface area contributed by atoms with Gasteiger partial charge in [0.05, 0.1) is 30.8 Å². The van der Waals surface area contributed by atoms with Gasteiger partial charge in [0.15, 0.2) is 5.60 Å². The maximum Gasteiger partial charge on any atom is 0.420 e. The molecule has 6 rings (SSSR count). The van der Waals surface area contributed by atoms with Gasteiger partial charge >= 0.3 is 6.18 Å². The third-order valence-corrected chi connectivity index (χ3v) is 6.55.